The van der Waals surface area contributed by atoms with Crippen molar-refractivity contribution < 1.29 is 18.1 Å². The van der Waals surface area contributed by atoms with Crippen LogP contribution in [0.4, 0.5) is 5.69 Å². The molecule has 130 valence electrons. The van der Waals surface area contributed by atoms with E-state index < -0.39 is 26.9 Å². The molecule has 8 nitrogen and oxygen atoms in total. The van der Waals surface area contributed by atoms with Gasteiger partial charge in [-0.3, -0.25) is 14.9 Å². The van der Waals surface area contributed by atoms with Gasteiger partial charge < -0.3 is 5.73 Å². The summed E-state index contributed by atoms with van der Waals surface area (Å²) in [6, 6.07) is 3.25. The quantitative estimate of drug-likeness (QED) is 0.426. The number of primary amides is 1. The molecule has 0 bridgehead atoms. The van der Waals surface area contributed by atoms with Crippen molar-refractivity contribution in [2.75, 3.05) is 6.54 Å². The van der Waals surface area contributed by atoms with Gasteiger partial charge in [0.1, 0.15) is 6.04 Å². The lowest BCUT2D eigenvalue weighted by Crippen LogP contribution is -2.48. The van der Waals surface area contributed by atoms with E-state index in [2.05, 4.69) is 5.92 Å². The van der Waals surface area contributed by atoms with Crippen LogP contribution in [-0.4, -0.2) is 36.1 Å². The molecule has 1 amide bonds. The largest absolute Gasteiger partial charge is 0.368 e. The number of carbonyl (C=O) groups excluding carboxylic acids is 1. The fourth-order valence-electron chi connectivity index (χ4n) is 2.15. The fraction of sp³-hybridized carbons (Fsp3) is 0.400. The highest BCUT2D eigenvalue weighted by Crippen LogP contribution is 2.23. The van der Waals surface area contributed by atoms with Gasteiger partial charge in [-0.2, -0.15) is 4.31 Å². The molecule has 2 N–H and O–H groups in total. The number of rotatable bonds is 8. The van der Waals surface area contributed by atoms with Gasteiger partial charge in [-0.25, -0.2) is 8.42 Å². The second-order valence-corrected chi connectivity index (χ2v) is 7.44. The number of terminal acetylenes is 1. The van der Waals surface area contributed by atoms with Crippen LogP contribution in [0, 0.1) is 28.4 Å². The zero-order valence-corrected chi connectivity index (χ0v) is 14.2. The van der Waals surface area contributed by atoms with E-state index in [1.54, 1.807) is 0 Å². The lowest BCUT2D eigenvalue weighted by Gasteiger charge is -2.28. The number of sulfonamides is 1. The normalized spacial score (nSPS) is 12.8. The van der Waals surface area contributed by atoms with Crippen molar-refractivity contribution in [3.8, 4) is 12.3 Å². The minimum Gasteiger partial charge on any atom is -0.368 e. The Morgan fingerprint density at radius 1 is 1.38 bits per heavy atom. The average Bonchev–Trinajstić information content (AvgIpc) is 2.50. The van der Waals surface area contributed by atoms with Crippen LogP contribution in [0.1, 0.15) is 20.3 Å². The zero-order chi connectivity index (χ0) is 18.5. The SMILES string of the molecule is C#CCN([C@@H](CC(C)C)C(N)=O)S(=O)(=O)c1ccc([N+](=O)[O-])cc1. The molecule has 1 atom stereocenters. The molecule has 0 aliphatic rings. The highest BCUT2D eigenvalue weighted by molar-refractivity contribution is 7.89. The van der Waals surface area contributed by atoms with Crippen molar-refractivity contribution in [1.29, 1.82) is 0 Å². The Kier molecular flexibility index (Phi) is 6.45. The summed E-state index contributed by atoms with van der Waals surface area (Å²) in [5.41, 5.74) is 5.11. The van der Waals surface area contributed by atoms with Crippen LogP contribution >= 0.6 is 0 Å². The number of nitro groups is 1. The third kappa shape index (κ3) is 4.53. The molecular formula is C15H19N3O5S. The lowest BCUT2D eigenvalue weighted by molar-refractivity contribution is -0.384. The molecule has 1 rings (SSSR count). The summed E-state index contributed by atoms with van der Waals surface area (Å²) in [5, 5.41) is 10.7. The van der Waals surface area contributed by atoms with Gasteiger partial charge in [0.05, 0.1) is 16.4 Å². The first kappa shape index (κ1) is 19.6. The minimum atomic E-state index is -4.13. The van der Waals surface area contributed by atoms with E-state index in [1.807, 2.05) is 13.8 Å². The summed E-state index contributed by atoms with van der Waals surface area (Å²) in [6.07, 6.45) is 5.45. The Bertz CT molecular complexity index is 750. The number of hydrogen-bond donors (Lipinski definition) is 1. The zero-order valence-electron chi connectivity index (χ0n) is 13.4. The van der Waals surface area contributed by atoms with Crippen molar-refractivity contribution in [2.45, 2.75) is 31.2 Å². The first-order valence-corrected chi connectivity index (χ1v) is 8.54. The van der Waals surface area contributed by atoms with Gasteiger partial charge in [-0.15, -0.1) is 6.42 Å². The minimum absolute atomic E-state index is 0.00911. The molecule has 0 heterocycles. The molecule has 1 aromatic rings. The first-order valence-electron chi connectivity index (χ1n) is 7.10. The van der Waals surface area contributed by atoms with Crippen LogP contribution in [0.2, 0.25) is 0 Å². The van der Waals surface area contributed by atoms with Gasteiger partial charge in [0, 0.05) is 12.1 Å². The Morgan fingerprint density at radius 3 is 2.29 bits per heavy atom. The van der Waals surface area contributed by atoms with E-state index >= 15 is 0 Å². The highest BCUT2D eigenvalue weighted by Gasteiger charge is 2.34. The number of nitrogens with two attached hydrogens (primary N) is 1. The van der Waals surface area contributed by atoms with Crippen LogP contribution in [0.5, 0.6) is 0 Å². The molecule has 0 aliphatic carbocycles. The topological polar surface area (TPSA) is 124 Å². The fourth-order valence-corrected chi connectivity index (χ4v) is 3.67. The maximum absolute atomic E-state index is 12.8. The summed E-state index contributed by atoms with van der Waals surface area (Å²) in [6.45, 7) is 3.31. The average molecular weight is 353 g/mol. The van der Waals surface area contributed by atoms with Gasteiger partial charge >= 0.3 is 0 Å². The highest BCUT2D eigenvalue weighted by atomic mass is 32.2. The molecule has 0 fully saturated rings. The van der Waals surface area contributed by atoms with Gasteiger partial charge in [-0.1, -0.05) is 19.8 Å². The van der Waals surface area contributed by atoms with Crippen molar-refractivity contribution in [3.05, 3.63) is 34.4 Å². The Balaban J connectivity index is 3.32. The Labute approximate surface area is 140 Å². The van der Waals surface area contributed by atoms with Crippen molar-refractivity contribution in [3.63, 3.8) is 0 Å². The van der Waals surface area contributed by atoms with Crippen LogP contribution in [0.15, 0.2) is 29.2 Å². The molecule has 0 unspecified atom stereocenters. The first-order chi connectivity index (χ1) is 11.1. The number of amides is 1. The van der Waals surface area contributed by atoms with Gasteiger partial charge in [0.2, 0.25) is 15.9 Å². The monoisotopic (exact) mass is 353 g/mol. The maximum Gasteiger partial charge on any atom is 0.269 e. The summed E-state index contributed by atoms with van der Waals surface area (Å²) in [7, 11) is -4.13. The molecule has 24 heavy (non-hydrogen) atoms. The second kappa shape index (κ2) is 7.90. The smallest absolute Gasteiger partial charge is 0.269 e. The van der Waals surface area contributed by atoms with Gasteiger partial charge in [0.15, 0.2) is 0 Å². The third-order valence-corrected chi connectivity index (χ3v) is 5.14. The molecule has 0 spiro atoms. The summed E-state index contributed by atoms with van der Waals surface area (Å²) in [5.74, 6) is 1.42. The lowest BCUT2D eigenvalue weighted by atomic mass is 10.0. The van der Waals surface area contributed by atoms with E-state index in [-0.39, 0.29) is 29.5 Å². The number of nitro benzene ring substituents is 1. The van der Waals surface area contributed by atoms with E-state index in [4.69, 9.17) is 12.2 Å². The molecule has 0 aromatic heterocycles. The molecule has 1 aromatic carbocycles. The Morgan fingerprint density at radius 2 is 1.92 bits per heavy atom. The number of hydrogen-bond acceptors (Lipinski definition) is 5. The Hall–Kier alpha value is -2.44. The van der Waals surface area contributed by atoms with Crippen LogP contribution in [0.3, 0.4) is 0 Å². The number of nitrogens with zero attached hydrogens (tertiary/aromatic N) is 2. The standard InChI is InChI=1S/C15H19N3O5S/c1-4-9-17(14(15(16)19)10-11(2)3)24(22,23)13-7-5-12(6-8-13)18(20)21/h1,5-8,11,14H,9-10H2,2-3H3,(H2,16,19)/t14-/m0/s1. The van der Waals surface area contributed by atoms with Crippen molar-refractivity contribution >= 4 is 21.6 Å². The van der Waals surface area contributed by atoms with Crippen LogP contribution in [-0.2, 0) is 14.8 Å². The van der Waals surface area contributed by atoms with E-state index in [0.29, 0.717) is 0 Å². The summed E-state index contributed by atoms with van der Waals surface area (Å²) in [4.78, 5) is 21.6. The number of benzene rings is 1. The molecule has 0 aliphatic heterocycles. The maximum atomic E-state index is 12.8. The molecule has 0 saturated carbocycles. The number of carbonyl (C=O) groups is 1. The van der Waals surface area contributed by atoms with E-state index in [9.17, 15) is 23.3 Å². The predicted molar refractivity (Wildman–Crippen MR) is 88.3 cm³/mol. The van der Waals surface area contributed by atoms with Crippen molar-refractivity contribution in [1.82, 2.24) is 4.31 Å². The predicted octanol–water partition coefficient (Wildman–Crippen LogP) is 1.12. The molecular weight excluding hydrogens is 334 g/mol. The third-order valence-electron chi connectivity index (χ3n) is 3.27. The van der Waals surface area contributed by atoms with E-state index in [1.165, 1.54) is 0 Å². The van der Waals surface area contributed by atoms with Crippen LogP contribution in [0.25, 0.3) is 0 Å². The van der Waals surface area contributed by atoms with Gasteiger partial charge in [-0.05, 0) is 24.5 Å². The summed E-state index contributed by atoms with van der Waals surface area (Å²) >= 11 is 0. The number of non-ortho nitro benzene ring substituents is 1. The van der Waals surface area contributed by atoms with Crippen LogP contribution < -0.4 is 5.73 Å². The molecule has 9 heteroatoms. The van der Waals surface area contributed by atoms with Gasteiger partial charge in [0.25, 0.3) is 5.69 Å². The van der Waals surface area contributed by atoms with Crippen molar-refractivity contribution in [2.24, 2.45) is 11.7 Å². The second-order valence-electron chi connectivity index (χ2n) is 5.55. The molecule has 0 saturated heterocycles. The summed E-state index contributed by atoms with van der Waals surface area (Å²) < 4.78 is 26.4. The molecule has 0 radical (unpaired) electrons. The van der Waals surface area contributed by atoms with E-state index in [0.717, 1.165) is 28.6 Å².